The van der Waals surface area contributed by atoms with Crippen LogP contribution in [0, 0.1) is 0 Å². The van der Waals surface area contributed by atoms with Crippen molar-refractivity contribution in [2.24, 2.45) is 0 Å². The van der Waals surface area contributed by atoms with E-state index in [9.17, 15) is 5.11 Å². The first-order chi connectivity index (χ1) is 10.4. The van der Waals surface area contributed by atoms with Gasteiger partial charge in [0.1, 0.15) is 0 Å². The molecule has 0 aromatic heterocycles. The van der Waals surface area contributed by atoms with Crippen LogP contribution in [-0.2, 0) is 6.54 Å². The minimum atomic E-state index is 0.194. The summed E-state index contributed by atoms with van der Waals surface area (Å²) in [6, 6.07) is 21.1. The van der Waals surface area contributed by atoms with Gasteiger partial charge in [-0.15, -0.1) is 0 Å². The highest BCUT2D eigenvalue weighted by Gasteiger charge is 2.26. The van der Waals surface area contributed by atoms with Gasteiger partial charge in [0.25, 0.3) is 0 Å². The molecule has 0 amide bonds. The van der Waals surface area contributed by atoms with Crippen molar-refractivity contribution in [3.63, 3.8) is 0 Å². The molecule has 3 nitrogen and oxygen atoms in total. The van der Waals surface area contributed by atoms with Crippen LogP contribution in [0.25, 0.3) is 0 Å². The maximum atomic E-state index is 9.74. The standard InChI is InChI=1S/C18H22N2O/c21-15-18-14-20(17-9-5-2-6-10-17)12-11-19(18)13-16-7-3-1-4-8-16/h1-10,18,21H,11-15H2. The number of aliphatic hydroxyl groups is 1. The summed E-state index contributed by atoms with van der Waals surface area (Å²) in [7, 11) is 0. The average Bonchev–Trinajstić information content (AvgIpc) is 2.57. The van der Waals surface area contributed by atoms with Crippen molar-refractivity contribution in [2.75, 3.05) is 31.1 Å². The summed E-state index contributed by atoms with van der Waals surface area (Å²) in [5.74, 6) is 0. The summed E-state index contributed by atoms with van der Waals surface area (Å²) in [4.78, 5) is 4.75. The Morgan fingerprint density at radius 1 is 0.905 bits per heavy atom. The smallest absolute Gasteiger partial charge is 0.0604 e. The van der Waals surface area contributed by atoms with Crippen LogP contribution in [-0.4, -0.2) is 42.3 Å². The molecule has 0 radical (unpaired) electrons. The number of hydrogen-bond acceptors (Lipinski definition) is 3. The normalized spacial score (nSPS) is 19.7. The summed E-state index contributed by atoms with van der Waals surface area (Å²) < 4.78 is 0. The lowest BCUT2D eigenvalue weighted by Gasteiger charge is -2.41. The second-order valence-electron chi connectivity index (χ2n) is 5.57. The van der Waals surface area contributed by atoms with Gasteiger partial charge in [-0.1, -0.05) is 48.5 Å². The molecule has 1 atom stereocenters. The predicted octanol–water partition coefficient (Wildman–Crippen LogP) is 2.37. The quantitative estimate of drug-likeness (QED) is 0.932. The molecule has 1 aliphatic rings. The molecule has 2 aromatic carbocycles. The van der Waals surface area contributed by atoms with E-state index in [2.05, 4.69) is 58.3 Å². The number of rotatable bonds is 4. The second kappa shape index (κ2) is 6.74. The van der Waals surface area contributed by atoms with E-state index < -0.39 is 0 Å². The lowest BCUT2D eigenvalue weighted by molar-refractivity contribution is 0.105. The summed E-state index contributed by atoms with van der Waals surface area (Å²) in [5.41, 5.74) is 2.56. The number of aliphatic hydroxyl groups excluding tert-OH is 1. The van der Waals surface area contributed by atoms with Gasteiger partial charge in [0.15, 0.2) is 0 Å². The van der Waals surface area contributed by atoms with Gasteiger partial charge >= 0.3 is 0 Å². The lowest BCUT2D eigenvalue weighted by atomic mass is 10.1. The zero-order valence-electron chi connectivity index (χ0n) is 12.2. The molecule has 0 spiro atoms. The van der Waals surface area contributed by atoms with E-state index in [0.29, 0.717) is 0 Å². The zero-order valence-corrected chi connectivity index (χ0v) is 12.2. The van der Waals surface area contributed by atoms with Gasteiger partial charge < -0.3 is 10.0 Å². The van der Waals surface area contributed by atoms with Crippen LogP contribution in [0.4, 0.5) is 5.69 Å². The van der Waals surface area contributed by atoms with Gasteiger partial charge in [0.2, 0.25) is 0 Å². The van der Waals surface area contributed by atoms with Crippen LogP contribution in [0.2, 0.25) is 0 Å². The Morgan fingerprint density at radius 3 is 2.24 bits per heavy atom. The van der Waals surface area contributed by atoms with Gasteiger partial charge in [-0.25, -0.2) is 0 Å². The maximum absolute atomic E-state index is 9.74. The van der Waals surface area contributed by atoms with Crippen LogP contribution < -0.4 is 4.90 Å². The summed E-state index contributed by atoms with van der Waals surface area (Å²) in [5, 5.41) is 9.74. The third-order valence-electron chi connectivity index (χ3n) is 4.17. The zero-order chi connectivity index (χ0) is 14.5. The topological polar surface area (TPSA) is 26.7 Å². The maximum Gasteiger partial charge on any atom is 0.0604 e. The van der Waals surface area contributed by atoms with Gasteiger partial charge in [-0.2, -0.15) is 0 Å². The summed E-state index contributed by atoms with van der Waals surface area (Å²) in [6.07, 6.45) is 0. The Kier molecular flexibility index (Phi) is 4.53. The van der Waals surface area contributed by atoms with Gasteiger partial charge in [0.05, 0.1) is 12.6 Å². The highest BCUT2D eigenvalue weighted by atomic mass is 16.3. The number of hydrogen-bond donors (Lipinski definition) is 1. The molecule has 1 unspecified atom stereocenters. The van der Waals surface area contributed by atoms with E-state index in [4.69, 9.17) is 0 Å². The molecule has 1 heterocycles. The van der Waals surface area contributed by atoms with Crippen LogP contribution in [0.5, 0.6) is 0 Å². The number of piperazine rings is 1. The van der Waals surface area contributed by atoms with Crippen LogP contribution in [0.15, 0.2) is 60.7 Å². The minimum Gasteiger partial charge on any atom is -0.395 e. The van der Waals surface area contributed by atoms with Crippen LogP contribution in [0.3, 0.4) is 0 Å². The van der Waals surface area contributed by atoms with Crippen molar-refractivity contribution in [2.45, 2.75) is 12.6 Å². The van der Waals surface area contributed by atoms with E-state index in [-0.39, 0.29) is 12.6 Å². The first-order valence-electron chi connectivity index (χ1n) is 7.55. The molecule has 1 fully saturated rings. The average molecular weight is 282 g/mol. The van der Waals surface area contributed by atoms with E-state index in [1.165, 1.54) is 11.3 Å². The third kappa shape index (κ3) is 3.43. The fourth-order valence-corrected chi connectivity index (χ4v) is 2.97. The highest BCUT2D eigenvalue weighted by molar-refractivity contribution is 5.46. The van der Waals surface area contributed by atoms with Crippen LogP contribution >= 0.6 is 0 Å². The molecule has 0 bridgehead atoms. The summed E-state index contributed by atoms with van der Waals surface area (Å²) >= 11 is 0. The number of benzene rings is 2. The van der Waals surface area contributed by atoms with Crippen LogP contribution in [0.1, 0.15) is 5.56 Å². The fourth-order valence-electron chi connectivity index (χ4n) is 2.97. The van der Waals surface area contributed by atoms with E-state index in [1.54, 1.807) is 0 Å². The predicted molar refractivity (Wildman–Crippen MR) is 86.4 cm³/mol. The Balaban J connectivity index is 1.67. The van der Waals surface area contributed by atoms with Crippen molar-refractivity contribution in [3.8, 4) is 0 Å². The monoisotopic (exact) mass is 282 g/mol. The van der Waals surface area contributed by atoms with Crippen molar-refractivity contribution in [1.29, 1.82) is 0 Å². The molecule has 110 valence electrons. The first-order valence-corrected chi connectivity index (χ1v) is 7.55. The second-order valence-corrected chi connectivity index (χ2v) is 5.57. The Labute approximate surface area is 126 Å². The van der Waals surface area contributed by atoms with Crippen molar-refractivity contribution < 1.29 is 5.11 Å². The number of nitrogens with zero attached hydrogens (tertiary/aromatic N) is 2. The van der Waals surface area contributed by atoms with Crippen molar-refractivity contribution in [3.05, 3.63) is 66.2 Å². The molecule has 3 heteroatoms. The molecule has 3 rings (SSSR count). The SMILES string of the molecule is OCC1CN(c2ccccc2)CCN1Cc1ccccc1. The Morgan fingerprint density at radius 2 is 1.57 bits per heavy atom. The first kappa shape index (κ1) is 14.1. The van der Waals surface area contributed by atoms with Crippen molar-refractivity contribution >= 4 is 5.69 Å². The molecule has 0 aliphatic carbocycles. The van der Waals surface area contributed by atoms with Crippen molar-refractivity contribution in [1.82, 2.24) is 4.90 Å². The molecular formula is C18H22N2O. The van der Waals surface area contributed by atoms with Gasteiger partial charge in [0, 0.05) is 31.9 Å². The highest BCUT2D eigenvalue weighted by Crippen LogP contribution is 2.20. The Hall–Kier alpha value is -1.84. The number of anilines is 1. The molecule has 2 aromatic rings. The molecule has 21 heavy (non-hydrogen) atoms. The lowest BCUT2D eigenvalue weighted by Crippen LogP contribution is -2.54. The Bertz CT molecular complexity index is 544. The van der Waals surface area contributed by atoms with E-state index in [0.717, 1.165) is 26.2 Å². The van der Waals surface area contributed by atoms with E-state index >= 15 is 0 Å². The van der Waals surface area contributed by atoms with Gasteiger partial charge in [-0.05, 0) is 17.7 Å². The van der Waals surface area contributed by atoms with Gasteiger partial charge in [-0.3, -0.25) is 4.90 Å². The van der Waals surface area contributed by atoms with E-state index in [1.807, 2.05) is 12.1 Å². The fraction of sp³-hybridized carbons (Fsp3) is 0.333. The summed E-state index contributed by atoms with van der Waals surface area (Å²) in [6.45, 7) is 3.99. The molecule has 0 saturated carbocycles. The largest absolute Gasteiger partial charge is 0.395 e. The molecule has 1 aliphatic heterocycles. The minimum absolute atomic E-state index is 0.194. The molecule has 1 N–H and O–H groups in total. The molecule has 1 saturated heterocycles. The number of para-hydroxylation sites is 1. The molecular weight excluding hydrogens is 260 g/mol. The third-order valence-corrected chi connectivity index (χ3v) is 4.17.